The molecule has 19 heavy (non-hydrogen) atoms. The third kappa shape index (κ3) is 2.80. The third-order valence-corrected chi connectivity index (χ3v) is 2.70. The lowest BCUT2D eigenvalue weighted by Crippen LogP contribution is -2.10. The van der Waals surface area contributed by atoms with Crippen LogP contribution in [0.2, 0.25) is 0 Å². The second-order valence-corrected chi connectivity index (χ2v) is 4.04. The number of benzene rings is 2. The van der Waals surface area contributed by atoms with E-state index in [4.69, 9.17) is 4.74 Å². The maximum absolute atomic E-state index is 11.9. The van der Waals surface area contributed by atoms with E-state index >= 15 is 0 Å². The molecule has 0 bridgehead atoms. The summed E-state index contributed by atoms with van der Waals surface area (Å²) in [5, 5.41) is 9.51. The summed E-state index contributed by atoms with van der Waals surface area (Å²) in [4.78, 5) is 22.5. The van der Waals surface area contributed by atoms with Gasteiger partial charge in [-0.3, -0.25) is 4.79 Å². The van der Waals surface area contributed by atoms with Gasteiger partial charge in [0.2, 0.25) is 0 Å². The standard InChI is InChI=1S/C15H12O4/c1-10-4-2-3-5-13(10)15(18)19-12-7-6-11(9-16)14(17)8-12/h2-9,17H,1H3. The van der Waals surface area contributed by atoms with Gasteiger partial charge >= 0.3 is 5.97 Å². The highest BCUT2D eigenvalue weighted by Crippen LogP contribution is 2.23. The first-order valence-electron chi connectivity index (χ1n) is 5.68. The largest absolute Gasteiger partial charge is 0.507 e. The lowest BCUT2D eigenvalue weighted by Gasteiger charge is -2.07. The van der Waals surface area contributed by atoms with E-state index < -0.39 is 5.97 Å². The Morgan fingerprint density at radius 2 is 1.95 bits per heavy atom. The van der Waals surface area contributed by atoms with Gasteiger partial charge in [0.05, 0.1) is 11.1 Å². The smallest absolute Gasteiger partial charge is 0.343 e. The van der Waals surface area contributed by atoms with Gasteiger partial charge in [-0.1, -0.05) is 18.2 Å². The van der Waals surface area contributed by atoms with E-state index in [2.05, 4.69) is 0 Å². The molecule has 0 unspecified atom stereocenters. The minimum Gasteiger partial charge on any atom is -0.507 e. The van der Waals surface area contributed by atoms with Crippen molar-refractivity contribution in [2.24, 2.45) is 0 Å². The van der Waals surface area contributed by atoms with Crippen molar-refractivity contribution in [3.8, 4) is 11.5 Å². The Hall–Kier alpha value is -2.62. The zero-order valence-corrected chi connectivity index (χ0v) is 10.3. The predicted molar refractivity (Wildman–Crippen MR) is 69.6 cm³/mol. The molecule has 0 aliphatic rings. The summed E-state index contributed by atoms with van der Waals surface area (Å²) in [6.45, 7) is 1.81. The summed E-state index contributed by atoms with van der Waals surface area (Å²) in [5.41, 5.74) is 1.42. The molecule has 2 rings (SSSR count). The van der Waals surface area contributed by atoms with Crippen LogP contribution in [0, 0.1) is 6.92 Å². The van der Waals surface area contributed by atoms with Crippen LogP contribution in [-0.2, 0) is 0 Å². The van der Waals surface area contributed by atoms with Crippen molar-refractivity contribution in [2.45, 2.75) is 6.92 Å². The molecule has 4 heteroatoms. The molecule has 96 valence electrons. The quantitative estimate of drug-likeness (QED) is 0.521. The highest BCUT2D eigenvalue weighted by molar-refractivity contribution is 5.92. The van der Waals surface area contributed by atoms with Gasteiger partial charge in [0.25, 0.3) is 0 Å². The second kappa shape index (κ2) is 5.35. The van der Waals surface area contributed by atoms with E-state index in [0.717, 1.165) is 5.56 Å². The van der Waals surface area contributed by atoms with Crippen molar-refractivity contribution < 1.29 is 19.4 Å². The average molecular weight is 256 g/mol. The van der Waals surface area contributed by atoms with Gasteiger partial charge in [0, 0.05) is 6.07 Å². The first kappa shape index (κ1) is 12.8. The molecule has 0 radical (unpaired) electrons. The third-order valence-electron chi connectivity index (χ3n) is 2.70. The van der Waals surface area contributed by atoms with Crippen LogP contribution in [0.3, 0.4) is 0 Å². The molecule has 0 spiro atoms. The first-order valence-corrected chi connectivity index (χ1v) is 5.68. The van der Waals surface area contributed by atoms with E-state index in [1.807, 2.05) is 19.1 Å². The molecule has 2 aromatic carbocycles. The van der Waals surface area contributed by atoms with Crippen molar-refractivity contribution in [1.82, 2.24) is 0 Å². The minimum absolute atomic E-state index is 0.149. The molecule has 0 fully saturated rings. The van der Waals surface area contributed by atoms with Gasteiger partial charge in [-0.25, -0.2) is 4.79 Å². The van der Waals surface area contributed by atoms with Crippen LogP contribution in [0.1, 0.15) is 26.3 Å². The average Bonchev–Trinajstić information content (AvgIpc) is 2.39. The van der Waals surface area contributed by atoms with Crippen molar-refractivity contribution in [2.75, 3.05) is 0 Å². The molecule has 0 aromatic heterocycles. The number of carbonyl (C=O) groups excluding carboxylic acids is 2. The highest BCUT2D eigenvalue weighted by atomic mass is 16.5. The zero-order valence-electron chi connectivity index (χ0n) is 10.3. The lowest BCUT2D eigenvalue weighted by molar-refractivity contribution is 0.0734. The molecule has 0 heterocycles. The van der Waals surface area contributed by atoms with E-state index in [-0.39, 0.29) is 17.1 Å². The van der Waals surface area contributed by atoms with Crippen molar-refractivity contribution >= 4 is 12.3 Å². The fraction of sp³-hybridized carbons (Fsp3) is 0.0667. The lowest BCUT2D eigenvalue weighted by atomic mass is 10.1. The number of esters is 1. The first-order chi connectivity index (χ1) is 9.11. The van der Waals surface area contributed by atoms with Gasteiger partial charge in [-0.2, -0.15) is 0 Å². The normalized spacial score (nSPS) is 9.95. The monoisotopic (exact) mass is 256 g/mol. The summed E-state index contributed by atoms with van der Waals surface area (Å²) in [5.74, 6) is -0.530. The van der Waals surface area contributed by atoms with E-state index in [1.165, 1.54) is 18.2 Å². The molecule has 1 N–H and O–H groups in total. The SMILES string of the molecule is Cc1ccccc1C(=O)Oc1ccc(C=O)c(O)c1. The van der Waals surface area contributed by atoms with Crippen molar-refractivity contribution in [1.29, 1.82) is 0 Å². The Morgan fingerprint density at radius 3 is 2.58 bits per heavy atom. The van der Waals surface area contributed by atoms with Crippen molar-refractivity contribution in [3.05, 3.63) is 59.2 Å². The number of aryl methyl sites for hydroxylation is 1. The minimum atomic E-state index is -0.503. The fourth-order valence-electron chi connectivity index (χ4n) is 1.65. The Labute approximate surface area is 110 Å². The van der Waals surface area contributed by atoms with Crippen LogP contribution in [0.15, 0.2) is 42.5 Å². The number of aromatic hydroxyl groups is 1. The number of rotatable bonds is 3. The fourth-order valence-corrected chi connectivity index (χ4v) is 1.65. The molecule has 0 saturated carbocycles. The molecule has 0 aliphatic heterocycles. The number of hydrogen-bond acceptors (Lipinski definition) is 4. The predicted octanol–water partition coefficient (Wildman–Crippen LogP) is 2.73. The van der Waals surface area contributed by atoms with Crippen LogP contribution in [0.25, 0.3) is 0 Å². The highest BCUT2D eigenvalue weighted by Gasteiger charge is 2.12. The van der Waals surface area contributed by atoms with Crippen LogP contribution >= 0.6 is 0 Å². The number of aldehydes is 1. The van der Waals surface area contributed by atoms with Gasteiger partial charge in [0.15, 0.2) is 6.29 Å². The summed E-state index contributed by atoms with van der Waals surface area (Å²) >= 11 is 0. The molecule has 0 aliphatic carbocycles. The van der Waals surface area contributed by atoms with Crippen LogP contribution in [-0.4, -0.2) is 17.4 Å². The maximum atomic E-state index is 11.9. The number of phenols is 1. The molecular weight excluding hydrogens is 244 g/mol. The van der Waals surface area contributed by atoms with Gasteiger partial charge in [-0.05, 0) is 30.7 Å². The molecule has 0 atom stereocenters. The van der Waals surface area contributed by atoms with Crippen LogP contribution in [0.4, 0.5) is 0 Å². The molecule has 0 amide bonds. The van der Waals surface area contributed by atoms with Gasteiger partial charge in [-0.15, -0.1) is 0 Å². The van der Waals surface area contributed by atoms with Gasteiger partial charge in [0.1, 0.15) is 11.5 Å². The number of carbonyl (C=O) groups is 2. The van der Waals surface area contributed by atoms with Crippen molar-refractivity contribution in [3.63, 3.8) is 0 Å². The number of hydrogen-bond donors (Lipinski definition) is 1. The maximum Gasteiger partial charge on any atom is 0.343 e. The van der Waals surface area contributed by atoms with Crippen LogP contribution < -0.4 is 4.74 Å². The van der Waals surface area contributed by atoms with Gasteiger partial charge < -0.3 is 9.84 Å². The Kier molecular flexibility index (Phi) is 3.61. The molecule has 0 saturated heterocycles. The summed E-state index contributed by atoms with van der Waals surface area (Å²) in [6, 6.07) is 11.1. The molecule has 2 aromatic rings. The zero-order chi connectivity index (χ0) is 13.8. The summed E-state index contributed by atoms with van der Waals surface area (Å²) in [7, 11) is 0. The Morgan fingerprint density at radius 1 is 1.21 bits per heavy atom. The summed E-state index contributed by atoms with van der Waals surface area (Å²) < 4.78 is 5.15. The van der Waals surface area contributed by atoms with E-state index in [0.29, 0.717) is 11.8 Å². The number of ether oxygens (including phenoxy) is 1. The summed E-state index contributed by atoms with van der Waals surface area (Å²) in [6.07, 6.45) is 0.530. The molecular formula is C15H12O4. The van der Waals surface area contributed by atoms with Crippen LogP contribution in [0.5, 0.6) is 11.5 Å². The topological polar surface area (TPSA) is 63.6 Å². The van der Waals surface area contributed by atoms with E-state index in [9.17, 15) is 14.7 Å². The van der Waals surface area contributed by atoms with E-state index in [1.54, 1.807) is 12.1 Å². The number of phenolic OH excluding ortho intramolecular Hbond substituents is 1. The Bertz CT molecular complexity index is 632. The Balaban J connectivity index is 2.22. The molecule has 4 nitrogen and oxygen atoms in total. The second-order valence-electron chi connectivity index (χ2n) is 4.04.